The number of benzene rings is 1. The van der Waals surface area contributed by atoms with Crippen LogP contribution >= 0.6 is 11.6 Å². The highest BCUT2D eigenvalue weighted by molar-refractivity contribution is 7.89. The molecule has 0 heterocycles. The SMILES string of the molecule is CC(C)C[C@@H](C(N)=O)N(CCCCNS(=O)(=O)c1ccc(F)cc1Cl)C(=O)OCC1CCCC1. The van der Waals surface area contributed by atoms with Crippen molar-refractivity contribution in [2.75, 3.05) is 19.7 Å². The molecule has 0 bridgehead atoms. The number of carbonyl (C=O) groups excluding carboxylic acids is 2. The molecule has 2 amide bonds. The maximum absolute atomic E-state index is 13.2. The summed E-state index contributed by atoms with van der Waals surface area (Å²) >= 11 is 5.85. The van der Waals surface area contributed by atoms with Crippen LogP contribution in [0.15, 0.2) is 23.1 Å². The lowest BCUT2D eigenvalue weighted by Gasteiger charge is -2.30. The van der Waals surface area contributed by atoms with Crippen LogP contribution in [0.2, 0.25) is 5.02 Å². The van der Waals surface area contributed by atoms with Gasteiger partial charge in [-0.1, -0.05) is 38.3 Å². The van der Waals surface area contributed by atoms with Gasteiger partial charge in [0, 0.05) is 13.1 Å². The number of nitrogens with one attached hydrogen (secondary N) is 1. The summed E-state index contributed by atoms with van der Waals surface area (Å²) in [7, 11) is -3.92. The van der Waals surface area contributed by atoms with Gasteiger partial charge in [0.25, 0.3) is 0 Å². The molecule has 1 aliphatic rings. The zero-order valence-electron chi connectivity index (χ0n) is 19.8. The molecule has 1 saturated carbocycles. The fraction of sp³-hybridized carbons (Fsp3) is 0.652. The number of primary amides is 1. The smallest absolute Gasteiger partial charge is 0.410 e. The molecule has 1 aromatic rings. The molecule has 192 valence electrons. The monoisotopic (exact) mass is 519 g/mol. The molecular formula is C23H35ClFN3O5S. The number of amides is 2. The maximum Gasteiger partial charge on any atom is 0.410 e. The van der Waals surface area contributed by atoms with E-state index in [1.807, 2.05) is 13.8 Å². The van der Waals surface area contributed by atoms with Gasteiger partial charge in [0.15, 0.2) is 0 Å². The Kier molecular flexibility index (Phi) is 11.0. The minimum Gasteiger partial charge on any atom is -0.449 e. The van der Waals surface area contributed by atoms with E-state index in [-0.39, 0.29) is 28.9 Å². The van der Waals surface area contributed by atoms with Crippen molar-refractivity contribution in [3.8, 4) is 0 Å². The number of ether oxygens (including phenoxy) is 1. The summed E-state index contributed by atoms with van der Waals surface area (Å²) in [6.07, 6.45) is 4.94. The molecule has 1 aliphatic carbocycles. The third kappa shape index (κ3) is 8.70. The van der Waals surface area contributed by atoms with E-state index >= 15 is 0 Å². The van der Waals surface area contributed by atoms with E-state index in [1.165, 1.54) is 4.90 Å². The molecule has 34 heavy (non-hydrogen) atoms. The zero-order valence-corrected chi connectivity index (χ0v) is 21.3. The molecule has 8 nitrogen and oxygen atoms in total. The zero-order chi connectivity index (χ0) is 25.3. The Morgan fingerprint density at radius 3 is 2.53 bits per heavy atom. The van der Waals surface area contributed by atoms with Crippen LogP contribution in [0.25, 0.3) is 0 Å². The number of nitrogens with two attached hydrogens (primary N) is 1. The fourth-order valence-electron chi connectivity index (χ4n) is 4.05. The number of unbranched alkanes of at least 4 members (excludes halogenated alkanes) is 1. The lowest BCUT2D eigenvalue weighted by molar-refractivity contribution is -0.123. The van der Waals surface area contributed by atoms with Gasteiger partial charge in [0.1, 0.15) is 16.8 Å². The first-order chi connectivity index (χ1) is 16.0. The van der Waals surface area contributed by atoms with Crippen LogP contribution in [0, 0.1) is 17.7 Å². The molecule has 3 N–H and O–H groups in total. The lowest BCUT2D eigenvalue weighted by atomic mass is 10.0. The summed E-state index contributed by atoms with van der Waals surface area (Å²) in [5.41, 5.74) is 5.60. The van der Waals surface area contributed by atoms with E-state index in [0.29, 0.717) is 31.8 Å². The van der Waals surface area contributed by atoms with Crippen LogP contribution in [0.3, 0.4) is 0 Å². The maximum atomic E-state index is 13.2. The Morgan fingerprint density at radius 1 is 1.26 bits per heavy atom. The fourth-order valence-corrected chi connectivity index (χ4v) is 5.65. The van der Waals surface area contributed by atoms with Gasteiger partial charge in [0.2, 0.25) is 15.9 Å². The van der Waals surface area contributed by atoms with Crippen LogP contribution in [-0.2, 0) is 19.6 Å². The molecule has 1 fully saturated rings. The van der Waals surface area contributed by atoms with Gasteiger partial charge >= 0.3 is 6.09 Å². The van der Waals surface area contributed by atoms with Crippen LogP contribution in [-0.4, -0.2) is 51.1 Å². The topological polar surface area (TPSA) is 119 Å². The van der Waals surface area contributed by atoms with Crippen molar-refractivity contribution in [2.24, 2.45) is 17.6 Å². The van der Waals surface area contributed by atoms with E-state index in [0.717, 1.165) is 43.9 Å². The molecule has 0 aliphatic heterocycles. The lowest BCUT2D eigenvalue weighted by Crippen LogP contribution is -2.49. The third-order valence-electron chi connectivity index (χ3n) is 5.85. The van der Waals surface area contributed by atoms with Crippen LogP contribution in [0.5, 0.6) is 0 Å². The summed E-state index contributed by atoms with van der Waals surface area (Å²) in [5, 5.41) is -0.207. The number of halogens is 2. The van der Waals surface area contributed by atoms with Crippen LogP contribution in [0.4, 0.5) is 9.18 Å². The Balaban J connectivity index is 1.94. The molecule has 1 aromatic carbocycles. The predicted octanol–water partition coefficient (Wildman–Crippen LogP) is 4.07. The van der Waals surface area contributed by atoms with Gasteiger partial charge in [-0.2, -0.15) is 0 Å². The average molecular weight is 520 g/mol. The first-order valence-corrected chi connectivity index (χ1v) is 13.5. The Labute approximate surface area is 206 Å². The summed E-state index contributed by atoms with van der Waals surface area (Å²) in [6.45, 7) is 4.47. The first-order valence-electron chi connectivity index (χ1n) is 11.7. The molecule has 1 atom stereocenters. The molecular weight excluding hydrogens is 485 g/mol. The van der Waals surface area contributed by atoms with E-state index in [9.17, 15) is 22.4 Å². The van der Waals surface area contributed by atoms with Gasteiger partial charge in [0.05, 0.1) is 11.6 Å². The minimum atomic E-state index is -3.92. The minimum absolute atomic E-state index is 0.0758. The molecule has 2 rings (SSSR count). The number of hydrogen-bond donors (Lipinski definition) is 2. The number of hydrogen-bond acceptors (Lipinski definition) is 5. The van der Waals surface area contributed by atoms with Gasteiger partial charge in [-0.3, -0.25) is 9.69 Å². The molecule has 11 heteroatoms. The molecule has 0 unspecified atom stereocenters. The average Bonchev–Trinajstić information content (AvgIpc) is 3.26. The standard InChI is InChI=1S/C23H35ClFN3O5S/c1-16(2)13-20(22(26)29)28(23(30)33-15-17-7-3-4-8-17)12-6-5-11-27-34(31,32)21-10-9-18(25)14-19(21)24/h9-10,14,16-17,20,27H,3-8,11-13,15H2,1-2H3,(H2,26,29)/t20-/m0/s1. The second-order valence-corrected chi connectivity index (χ2v) is 11.3. The number of carbonyl (C=O) groups is 2. The largest absolute Gasteiger partial charge is 0.449 e. The van der Waals surface area contributed by atoms with Crippen molar-refractivity contribution < 1.29 is 27.1 Å². The summed E-state index contributed by atoms with van der Waals surface area (Å²) < 4.78 is 46.0. The summed E-state index contributed by atoms with van der Waals surface area (Å²) in [5.74, 6) is -0.752. The Bertz CT molecular complexity index is 939. The molecule has 0 aromatic heterocycles. The van der Waals surface area contributed by atoms with Gasteiger partial charge in [-0.25, -0.2) is 22.3 Å². The Morgan fingerprint density at radius 2 is 1.94 bits per heavy atom. The van der Waals surface area contributed by atoms with Crippen molar-refractivity contribution in [1.29, 1.82) is 0 Å². The second-order valence-electron chi connectivity index (χ2n) is 9.15. The van der Waals surface area contributed by atoms with Crippen molar-refractivity contribution in [3.05, 3.63) is 29.0 Å². The Hall–Kier alpha value is -1.91. The first kappa shape index (κ1) is 28.3. The van der Waals surface area contributed by atoms with E-state index in [2.05, 4.69) is 4.72 Å². The van der Waals surface area contributed by atoms with E-state index in [4.69, 9.17) is 22.1 Å². The quantitative estimate of drug-likeness (QED) is 0.381. The van der Waals surface area contributed by atoms with Crippen molar-refractivity contribution >= 4 is 33.6 Å². The molecule has 0 spiro atoms. The second kappa shape index (κ2) is 13.3. The predicted molar refractivity (Wildman–Crippen MR) is 128 cm³/mol. The van der Waals surface area contributed by atoms with Crippen molar-refractivity contribution in [2.45, 2.75) is 69.7 Å². The van der Waals surface area contributed by atoms with E-state index in [1.54, 1.807) is 0 Å². The third-order valence-corrected chi connectivity index (χ3v) is 7.80. The van der Waals surface area contributed by atoms with Crippen molar-refractivity contribution in [3.63, 3.8) is 0 Å². The number of nitrogens with zero attached hydrogens (tertiary/aromatic N) is 1. The summed E-state index contributed by atoms with van der Waals surface area (Å²) in [6, 6.07) is 2.26. The van der Waals surface area contributed by atoms with Gasteiger partial charge in [-0.05, 0) is 62.1 Å². The van der Waals surface area contributed by atoms with Gasteiger partial charge < -0.3 is 10.5 Å². The van der Waals surface area contributed by atoms with Crippen LogP contribution < -0.4 is 10.5 Å². The summed E-state index contributed by atoms with van der Waals surface area (Å²) in [4.78, 5) is 26.1. The number of sulfonamides is 1. The van der Waals surface area contributed by atoms with E-state index < -0.39 is 33.9 Å². The van der Waals surface area contributed by atoms with Crippen LogP contribution in [0.1, 0.15) is 58.8 Å². The molecule has 0 saturated heterocycles. The highest BCUT2D eigenvalue weighted by Crippen LogP contribution is 2.25. The van der Waals surface area contributed by atoms with Crippen molar-refractivity contribution in [1.82, 2.24) is 9.62 Å². The molecule has 0 radical (unpaired) electrons. The normalized spacial score (nSPS) is 15.4. The highest BCUT2D eigenvalue weighted by atomic mass is 35.5. The number of rotatable bonds is 13. The highest BCUT2D eigenvalue weighted by Gasteiger charge is 2.30. The van der Waals surface area contributed by atoms with Gasteiger partial charge in [-0.15, -0.1) is 0 Å².